The van der Waals surface area contributed by atoms with Gasteiger partial charge in [-0.3, -0.25) is 14.7 Å². The lowest BCUT2D eigenvalue weighted by Gasteiger charge is -2.21. The molecule has 5 N–H and O–H groups in total. The van der Waals surface area contributed by atoms with E-state index < -0.39 is 5.91 Å². The second-order valence-corrected chi connectivity index (χ2v) is 7.98. The Balaban J connectivity index is 1.91. The van der Waals surface area contributed by atoms with Crippen LogP contribution in [0.4, 0.5) is 5.69 Å². The molecule has 9 heteroatoms. The standard InChI is InChI=1S/C19H20N6O2S/c1-8-7-11(9(2)28-8)17-15-16(23-24-17)10-5-6-12(20)14(13(10)18(15)26)19(27)25(21-3)22-4/h5-7,21-22H,20H2,1-4H3,(H,23,24). The van der Waals surface area contributed by atoms with Gasteiger partial charge < -0.3 is 5.73 Å². The molecule has 3 aromatic rings. The Labute approximate surface area is 165 Å². The lowest BCUT2D eigenvalue weighted by Crippen LogP contribution is -2.49. The largest absolute Gasteiger partial charge is 0.398 e. The van der Waals surface area contributed by atoms with Crippen LogP contribution in [0.2, 0.25) is 0 Å². The van der Waals surface area contributed by atoms with Crippen molar-refractivity contribution >= 4 is 28.7 Å². The van der Waals surface area contributed by atoms with Crippen molar-refractivity contribution < 1.29 is 9.59 Å². The van der Waals surface area contributed by atoms with E-state index in [0.29, 0.717) is 28.1 Å². The molecule has 0 unspecified atom stereocenters. The van der Waals surface area contributed by atoms with Crippen LogP contribution in [0.15, 0.2) is 18.2 Å². The van der Waals surface area contributed by atoms with Gasteiger partial charge in [0.15, 0.2) is 5.78 Å². The summed E-state index contributed by atoms with van der Waals surface area (Å²) < 4.78 is 0. The van der Waals surface area contributed by atoms with E-state index in [1.54, 1.807) is 37.6 Å². The van der Waals surface area contributed by atoms with Crippen molar-refractivity contribution in [2.45, 2.75) is 13.8 Å². The number of thiophene rings is 1. The Morgan fingerprint density at radius 3 is 2.50 bits per heavy atom. The summed E-state index contributed by atoms with van der Waals surface area (Å²) >= 11 is 1.66. The average molecular weight is 396 g/mol. The molecule has 1 aliphatic rings. The Morgan fingerprint density at radius 2 is 1.89 bits per heavy atom. The average Bonchev–Trinajstić information content (AvgIpc) is 3.31. The molecule has 1 amide bonds. The zero-order valence-corrected chi connectivity index (χ0v) is 16.7. The lowest BCUT2D eigenvalue weighted by molar-refractivity contribution is 0.0576. The van der Waals surface area contributed by atoms with Crippen molar-refractivity contribution in [3.8, 4) is 22.5 Å². The number of nitrogen functional groups attached to an aromatic ring is 1. The number of H-pyrrole nitrogens is 1. The van der Waals surface area contributed by atoms with Crippen molar-refractivity contribution in [1.82, 2.24) is 26.2 Å². The number of hydrogen-bond acceptors (Lipinski definition) is 7. The maximum absolute atomic E-state index is 13.4. The summed E-state index contributed by atoms with van der Waals surface area (Å²) in [7, 11) is 3.20. The molecule has 8 nitrogen and oxygen atoms in total. The number of aromatic amines is 1. The van der Waals surface area contributed by atoms with E-state index in [1.807, 2.05) is 19.9 Å². The maximum Gasteiger partial charge on any atom is 0.285 e. The number of fused-ring (bicyclic) bond motifs is 3. The number of nitrogens with two attached hydrogens (primary N) is 1. The van der Waals surface area contributed by atoms with Crippen LogP contribution in [-0.2, 0) is 0 Å². The molecule has 28 heavy (non-hydrogen) atoms. The topological polar surface area (TPSA) is 116 Å². The first-order valence-electron chi connectivity index (χ1n) is 8.71. The zero-order chi connectivity index (χ0) is 20.2. The molecule has 0 saturated carbocycles. The highest BCUT2D eigenvalue weighted by Crippen LogP contribution is 2.44. The van der Waals surface area contributed by atoms with Crippen LogP contribution in [0.5, 0.6) is 0 Å². The molecule has 144 valence electrons. The molecule has 1 aromatic carbocycles. The number of carbonyl (C=O) groups excluding carboxylic acids is 2. The van der Waals surface area contributed by atoms with E-state index in [0.717, 1.165) is 15.3 Å². The Kier molecular flexibility index (Phi) is 4.30. The number of benzene rings is 1. The van der Waals surface area contributed by atoms with Gasteiger partial charge in [0, 0.05) is 46.2 Å². The molecule has 2 aromatic heterocycles. The number of rotatable bonds is 4. The fourth-order valence-electron chi connectivity index (χ4n) is 3.66. The van der Waals surface area contributed by atoms with Gasteiger partial charge in [-0.1, -0.05) is 0 Å². The van der Waals surface area contributed by atoms with Crippen molar-refractivity contribution in [3.05, 3.63) is 44.6 Å². The van der Waals surface area contributed by atoms with Crippen LogP contribution in [0.25, 0.3) is 22.5 Å². The van der Waals surface area contributed by atoms with Gasteiger partial charge in [-0.25, -0.2) is 16.0 Å². The molecule has 0 fully saturated rings. The van der Waals surface area contributed by atoms with Gasteiger partial charge in [0.1, 0.15) is 5.69 Å². The van der Waals surface area contributed by atoms with Crippen LogP contribution in [-0.4, -0.2) is 41.1 Å². The minimum Gasteiger partial charge on any atom is -0.398 e. The molecule has 4 rings (SSSR count). The third-order valence-corrected chi connectivity index (χ3v) is 5.85. The summed E-state index contributed by atoms with van der Waals surface area (Å²) in [6.45, 7) is 4.03. The smallest absolute Gasteiger partial charge is 0.285 e. The number of ketones is 1. The van der Waals surface area contributed by atoms with E-state index in [1.165, 1.54) is 5.12 Å². The Hall–Kier alpha value is -3.01. The molecular formula is C19H20N6O2S. The fourth-order valence-corrected chi connectivity index (χ4v) is 4.59. The summed E-state index contributed by atoms with van der Waals surface area (Å²) in [5.74, 6) is -0.685. The van der Waals surface area contributed by atoms with E-state index in [4.69, 9.17) is 5.73 Å². The van der Waals surface area contributed by atoms with E-state index >= 15 is 0 Å². The van der Waals surface area contributed by atoms with Gasteiger partial charge in [-0.15, -0.1) is 11.3 Å². The summed E-state index contributed by atoms with van der Waals surface area (Å²) in [5.41, 5.74) is 15.5. The second kappa shape index (κ2) is 6.55. The number of anilines is 1. The number of hydrogen-bond donors (Lipinski definition) is 4. The van der Waals surface area contributed by atoms with Crippen LogP contribution in [0, 0.1) is 13.8 Å². The van der Waals surface area contributed by atoms with Gasteiger partial charge in [-0.2, -0.15) is 5.10 Å². The van der Waals surface area contributed by atoms with Crippen molar-refractivity contribution in [1.29, 1.82) is 0 Å². The van der Waals surface area contributed by atoms with Crippen molar-refractivity contribution in [2.75, 3.05) is 19.8 Å². The Morgan fingerprint density at radius 1 is 1.18 bits per heavy atom. The van der Waals surface area contributed by atoms with Crippen molar-refractivity contribution in [3.63, 3.8) is 0 Å². The van der Waals surface area contributed by atoms with Gasteiger partial charge >= 0.3 is 0 Å². The number of hydrazine groups is 2. The van der Waals surface area contributed by atoms with Gasteiger partial charge in [0.2, 0.25) is 0 Å². The number of aryl methyl sites for hydroxylation is 2. The molecule has 0 radical (unpaired) electrons. The summed E-state index contributed by atoms with van der Waals surface area (Å²) in [5, 5.41) is 8.57. The number of aromatic nitrogens is 2. The summed E-state index contributed by atoms with van der Waals surface area (Å²) in [6, 6.07) is 5.41. The molecule has 0 atom stereocenters. The van der Waals surface area contributed by atoms with Crippen LogP contribution >= 0.6 is 11.3 Å². The molecule has 0 bridgehead atoms. The zero-order valence-electron chi connectivity index (χ0n) is 15.9. The van der Waals surface area contributed by atoms with Crippen LogP contribution in [0.3, 0.4) is 0 Å². The second-order valence-electron chi connectivity index (χ2n) is 6.52. The minimum absolute atomic E-state index is 0.167. The van der Waals surface area contributed by atoms with Gasteiger partial charge in [0.25, 0.3) is 5.91 Å². The first kappa shape index (κ1) is 18.4. The normalized spacial score (nSPS) is 12.2. The quantitative estimate of drug-likeness (QED) is 0.311. The predicted molar refractivity (Wildman–Crippen MR) is 109 cm³/mol. The van der Waals surface area contributed by atoms with Crippen LogP contribution < -0.4 is 16.6 Å². The number of nitrogens with zero attached hydrogens (tertiary/aromatic N) is 2. The summed E-state index contributed by atoms with van der Waals surface area (Å²) in [6.07, 6.45) is 0. The SMILES string of the molecule is CNN(NC)C(=O)c1c(N)ccc2c1C(=O)c1c(-c3cc(C)sc3C)n[nH]c1-2. The van der Waals surface area contributed by atoms with Gasteiger partial charge in [-0.05, 0) is 32.0 Å². The molecule has 1 aliphatic carbocycles. The highest BCUT2D eigenvalue weighted by Gasteiger charge is 2.38. The lowest BCUT2D eigenvalue weighted by atomic mass is 9.98. The molecular weight excluding hydrogens is 376 g/mol. The Bertz CT molecular complexity index is 1130. The highest BCUT2D eigenvalue weighted by atomic mass is 32.1. The van der Waals surface area contributed by atoms with E-state index in [2.05, 4.69) is 21.0 Å². The van der Waals surface area contributed by atoms with Gasteiger partial charge in [0.05, 0.1) is 16.8 Å². The van der Waals surface area contributed by atoms with E-state index in [9.17, 15) is 9.59 Å². The maximum atomic E-state index is 13.4. The van der Waals surface area contributed by atoms with Crippen LogP contribution in [0.1, 0.15) is 36.0 Å². The first-order valence-corrected chi connectivity index (χ1v) is 9.53. The molecule has 0 saturated heterocycles. The fraction of sp³-hybridized carbons (Fsp3) is 0.211. The minimum atomic E-state index is -0.435. The number of nitrogens with one attached hydrogen (secondary N) is 3. The van der Waals surface area contributed by atoms with Crippen molar-refractivity contribution in [2.24, 2.45) is 0 Å². The monoisotopic (exact) mass is 396 g/mol. The summed E-state index contributed by atoms with van der Waals surface area (Å²) in [4.78, 5) is 28.6. The number of amides is 1. The molecule has 0 aliphatic heterocycles. The first-order chi connectivity index (χ1) is 13.4. The molecule has 0 spiro atoms. The third-order valence-electron chi connectivity index (χ3n) is 4.89. The molecule has 2 heterocycles. The third kappa shape index (κ3) is 2.48. The number of carbonyl (C=O) groups is 2. The van der Waals surface area contributed by atoms with E-state index in [-0.39, 0.29) is 17.0 Å². The highest BCUT2D eigenvalue weighted by molar-refractivity contribution is 7.12. The predicted octanol–water partition coefficient (Wildman–Crippen LogP) is 2.26.